The molecule has 0 radical (unpaired) electrons. The Labute approximate surface area is 165 Å². The quantitative estimate of drug-likeness (QED) is 0.769. The molecule has 1 fully saturated rings. The molecular formula is C21H27N5O2. The summed E-state index contributed by atoms with van der Waals surface area (Å²) in [5.74, 6) is 1.68. The van der Waals surface area contributed by atoms with Crippen molar-refractivity contribution in [2.45, 2.75) is 39.8 Å². The molecule has 7 nitrogen and oxygen atoms in total. The van der Waals surface area contributed by atoms with E-state index in [1.807, 2.05) is 49.9 Å². The summed E-state index contributed by atoms with van der Waals surface area (Å²) in [6.45, 7) is 7.66. The number of carbonyl (C=O) groups is 2. The van der Waals surface area contributed by atoms with Crippen LogP contribution in [-0.2, 0) is 11.3 Å². The minimum Gasteiger partial charge on any atom is -0.366 e. The molecule has 2 heterocycles. The number of carbonyl (C=O) groups excluding carboxylic acids is 2. The highest BCUT2D eigenvalue weighted by atomic mass is 16.2. The number of hydrogen-bond acceptors (Lipinski definition) is 5. The molecule has 148 valence electrons. The van der Waals surface area contributed by atoms with E-state index >= 15 is 0 Å². The van der Waals surface area contributed by atoms with E-state index in [-0.39, 0.29) is 23.8 Å². The molecule has 0 spiro atoms. The highest BCUT2D eigenvalue weighted by molar-refractivity contribution is 5.94. The molecule has 0 saturated carbocycles. The van der Waals surface area contributed by atoms with Crippen LogP contribution in [0.25, 0.3) is 0 Å². The highest BCUT2D eigenvalue weighted by Crippen LogP contribution is 2.19. The molecule has 3 rings (SSSR count). The van der Waals surface area contributed by atoms with Gasteiger partial charge in [-0.2, -0.15) is 0 Å². The first-order chi connectivity index (χ1) is 13.4. The summed E-state index contributed by atoms with van der Waals surface area (Å²) in [5, 5.41) is 6.21. The molecule has 0 bridgehead atoms. The van der Waals surface area contributed by atoms with Crippen LogP contribution in [-0.4, -0.2) is 45.8 Å². The number of hydrogen-bond donors (Lipinski definition) is 2. The van der Waals surface area contributed by atoms with Crippen LogP contribution < -0.4 is 10.6 Å². The standard InChI is InChI=1S/C21H27N5O2/c1-14(2)26-13-17(10-20(26)27)12-24-21(28)18-6-4-5-16(9-18)11-23-19-7-8-22-15(3)25-19/h4-9,14,17H,10-13H2,1-3H3,(H,24,28)(H,22,23,25). The fraction of sp³-hybridized carbons (Fsp3) is 0.429. The second kappa shape index (κ2) is 8.82. The molecule has 2 N–H and O–H groups in total. The lowest BCUT2D eigenvalue weighted by atomic mass is 10.1. The van der Waals surface area contributed by atoms with E-state index in [1.54, 1.807) is 12.3 Å². The van der Waals surface area contributed by atoms with E-state index in [1.165, 1.54) is 0 Å². The average Bonchev–Trinajstić information content (AvgIpc) is 3.06. The van der Waals surface area contributed by atoms with Gasteiger partial charge in [0, 0.05) is 49.8 Å². The number of benzene rings is 1. The van der Waals surface area contributed by atoms with Crippen LogP contribution in [0.5, 0.6) is 0 Å². The maximum Gasteiger partial charge on any atom is 0.251 e. The molecule has 1 aliphatic heterocycles. The van der Waals surface area contributed by atoms with Crippen LogP contribution >= 0.6 is 0 Å². The Morgan fingerprint density at radius 1 is 1.32 bits per heavy atom. The van der Waals surface area contributed by atoms with Crippen molar-refractivity contribution in [1.82, 2.24) is 20.2 Å². The van der Waals surface area contributed by atoms with Crippen molar-refractivity contribution in [1.29, 1.82) is 0 Å². The lowest BCUT2D eigenvalue weighted by Crippen LogP contribution is -2.34. The zero-order chi connectivity index (χ0) is 20.1. The average molecular weight is 381 g/mol. The third kappa shape index (κ3) is 5.06. The molecule has 1 atom stereocenters. The maximum atomic E-state index is 12.5. The number of rotatable bonds is 7. The molecule has 2 aromatic rings. The van der Waals surface area contributed by atoms with Gasteiger partial charge in [0.15, 0.2) is 0 Å². The van der Waals surface area contributed by atoms with Crippen LogP contribution in [0.4, 0.5) is 5.82 Å². The zero-order valence-corrected chi connectivity index (χ0v) is 16.6. The first-order valence-corrected chi connectivity index (χ1v) is 9.62. The molecular weight excluding hydrogens is 354 g/mol. The normalized spacial score (nSPS) is 16.5. The van der Waals surface area contributed by atoms with E-state index in [0.29, 0.717) is 37.4 Å². The van der Waals surface area contributed by atoms with E-state index in [9.17, 15) is 9.59 Å². The molecule has 1 aliphatic rings. The van der Waals surface area contributed by atoms with Crippen molar-refractivity contribution in [3.05, 3.63) is 53.5 Å². The summed E-state index contributed by atoms with van der Waals surface area (Å²) in [5.41, 5.74) is 1.61. The Morgan fingerprint density at radius 2 is 2.14 bits per heavy atom. The maximum absolute atomic E-state index is 12.5. The zero-order valence-electron chi connectivity index (χ0n) is 16.6. The van der Waals surface area contributed by atoms with Crippen molar-refractivity contribution in [3.8, 4) is 0 Å². The Kier molecular flexibility index (Phi) is 6.23. The van der Waals surface area contributed by atoms with Crippen molar-refractivity contribution >= 4 is 17.6 Å². The van der Waals surface area contributed by atoms with Gasteiger partial charge in [0.25, 0.3) is 5.91 Å². The highest BCUT2D eigenvalue weighted by Gasteiger charge is 2.31. The summed E-state index contributed by atoms with van der Waals surface area (Å²) in [6.07, 6.45) is 2.21. The van der Waals surface area contributed by atoms with Gasteiger partial charge in [-0.25, -0.2) is 9.97 Å². The molecule has 1 aromatic heterocycles. The Balaban J connectivity index is 1.53. The first-order valence-electron chi connectivity index (χ1n) is 9.62. The van der Waals surface area contributed by atoms with Crippen LogP contribution in [0.15, 0.2) is 36.5 Å². The van der Waals surface area contributed by atoms with E-state index in [2.05, 4.69) is 20.6 Å². The van der Waals surface area contributed by atoms with E-state index in [0.717, 1.165) is 11.4 Å². The fourth-order valence-corrected chi connectivity index (χ4v) is 3.35. The van der Waals surface area contributed by atoms with E-state index < -0.39 is 0 Å². The second-order valence-corrected chi connectivity index (χ2v) is 7.46. The topological polar surface area (TPSA) is 87.2 Å². The number of anilines is 1. The Hall–Kier alpha value is -2.96. The summed E-state index contributed by atoms with van der Waals surface area (Å²) in [6, 6.07) is 9.53. The smallest absolute Gasteiger partial charge is 0.251 e. The number of amides is 2. The van der Waals surface area contributed by atoms with Crippen molar-refractivity contribution in [2.75, 3.05) is 18.4 Å². The van der Waals surface area contributed by atoms with Crippen LogP contribution in [0.3, 0.4) is 0 Å². The fourth-order valence-electron chi connectivity index (χ4n) is 3.35. The van der Waals surface area contributed by atoms with Crippen molar-refractivity contribution < 1.29 is 9.59 Å². The summed E-state index contributed by atoms with van der Waals surface area (Å²) in [4.78, 5) is 34.8. The predicted octanol–water partition coefficient (Wildman–Crippen LogP) is 2.38. The molecule has 2 amide bonds. The molecule has 1 saturated heterocycles. The summed E-state index contributed by atoms with van der Waals surface area (Å²) >= 11 is 0. The van der Waals surface area contributed by atoms with Gasteiger partial charge in [0.2, 0.25) is 5.91 Å². The van der Waals surface area contributed by atoms with Gasteiger partial charge < -0.3 is 15.5 Å². The molecule has 0 aliphatic carbocycles. The Bertz CT molecular complexity index is 852. The van der Waals surface area contributed by atoms with Gasteiger partial charge in [-0.05, 0) is 44.5 Å². The number of likely N-dealkylation sites (tertiary alicyclic amines) is 1. The third-order valence-electron chi connectivity index (χ3n) is 4.85. The Morgan fingerprint density at radius 3 is 2.86 bits per heavy atom. The van der Waals surface area contributed by atoms with Gasteiger partial charge in [0.05, 0.1) is 0 Å². The summed E-state index contributed by atoms with van der Waals surface area (Å²) < 4.78 is 0. The minimum atomic E-state index is -0.116. The third-order valence-corrected chi connectivity index (χ3v) is 4.85. The van der Waals surface area contributed by atoms with Crippen LogP contribution in [0.1, 0.15) is 42.0 Å². The summed E-state index contributed by atoms with van der Waals surface area (Å²) in [7, 11) is 0. The van der Waals surface area contributed by atoms with Crippen LogP contribution in [0.2, 0.25) is 0 Å². The van der Waals surface area contributed by atoms with Crippen molar-refractivity contribution in [2.24, 2.45) is 5.92 Å². The molecule has 7 heteroatoms. The molecule has 1 aromatic carbocycles. The lowest BCUT2D eigenvalue weighted by molar-refractivity contribution is -0.129. The monoisotopic (exact) mass is 381 g/mol. The van der Waals surface area contributed by atoms with Gasteiger partial charge in [-0.1, -0.05) is 12.1 Å². The second-order valence-electron chi connectivity index (χ2n) is 7.46. The van der Waals surface area contributed by atoms with Crippen molar-refractivity contribution in [3.63, 3.8) is 0 Å². The van der Waals surface area contributed by atoms with Gasteiger partial charge in [-0.15, -0.1) is 0 Å². The minimum absolute atomic E-state index is 0.116. The number of aryl methyl sites for hydroxylation is 1. The number of aromatic nitrogens is 2. The predicted molar refractivity (Wildman–Crippen MR) is 108 cm³/mol. The first kappa shape index (κ1) is 19.8. The van der Waals surface area contributed by atoms with E-state index in [4.69, 9.17) is 0 Å². The van der Waals surface area contributed by atoms with Gasteiger partial charge in [0.1, 0.15) is 11.6 Å². The lowest BCUT2D eigenvalue weighted by Gasteiger charge is -2.21. The molecule has 1 unspecified atom stereocenters. The number of nitrogens with zero attached hydrogens (tertiary/aromatic N) is 3. The van der Waals surface area contributed by atoms with Gasteiger partial charge >= 0.3 is 0 Å². The number of nitrogens with one attached hydrogen (secondary N) is 2. The SMILES string of the molecule is Cc1nccc(NCc2cccc(C(=O)NCC3CC(=O)N(C(C)C)C3)c2)n1. The van der Waals surface area contributed by atoms with Gasteiger partial charge in [-0.3, -0.25) is 9.59 Å². The van der Waals surface area contributed by atoms with Crippen LogP contribution in [0, 0.1) is 12.8 Å². The molecule has 28 heavy (non-hydrogen) atoms. The largest absolute Gasteiger partial charge is 0.366 e.